The molecule has 0 bridgehead atoms. The summed E-state index contributed by atoms with van der Waals surface area (Å²) in [6, 6.07) is 3.02. The second-order valence-electron chi connectivity index (χ2n) is 2.80. The van der Waals surface area contributed by atoms with Gasteiger partial charge in [-0.25, -0.2) is 0 Å². The Bertz CT molecular complexity index is 371. The van der Waals surface area contributed by atoms with Crippen molar-refractivity contribution in [2.24, 2.45) is 0 Å². The van der Waals surface area contributed by atoms with Gasteiger partial charge in [0, 0.05) is 5.56 Å². The lowest BCUT2D eigenvalue weighted by Gasteiger charge is -2.10. The van der Waals surface area contributed by atoms with E-state index in [9.17, 15) is 9.59 Å². The van der Waals surface area contributed by atoms with Crippen molar-refractivity contribution >= 4 is 12.6 Å². The predicted octanol–water partition coefficient (Wildman–Crippen LogP) is 1.72. The van der Waals surface area contributed by atoms with Crippen LogP contribution in [0.5, 0.6) is 11.5 Å². The maximum Gasteiger partial charge on any atom is 0.157 e. The molecule has 1 aromatic carbocycles. The fraction of sp³-hybridized carbons (Fsp3) is 0.273. The zero-order valence-corrected chi connectivity index (χ0v) is 8.65. The maximum absolute atomic E-state index is 10.8. The first-order valence-electron chi connectivity index (χ1n) is 4.52. The van der Waals surface area contributed by atoms with E-state index in [2.05, 4.69) is 0 Å². The lowest BCUT2D eigenvalue weighted by atomic mass is 10.1. The van der Waals surface area contributed by atoms with Gasteiger partial charge in [0.25, 0.3) is 0 Å². The van der Waals surface area contributed by atoms with E-state index in [-0.39, 0.29) is 0 Å². The first-order valence-corrected chi connectivity index (χ1v) is 4.52. The fourth-order valence-electron chi connectivity index (χ4n) is 1.25. The SMILES string of the molecule is CCOc1cc(C=O)cc(OC)c1C=O. The van der Waals surface area contributed by atoms with E-state index >= 15 is 0 Å². The molecule has 0 saturated carbocycles. The third-order valence-corrected chi connectivity index (χ3v) is 1.90. The number of aldehydes is 2. The van der Waals surface area contributed by atoms with Crippen LogP contribution >= 0.6 is 0 Å². The highest BCUT2D eigenvalue weighted by atomic mass is 16.5. The van der Waals surface area contributed by atoms with Gasteiger partial charge in [-0.2, -0.15) is 0 Å². The van der Waals surface area contributed by atoms with E-state index in [0.29, 0.717) is 41.8 Å². The third kappa shape index (κ3) is 2.34. The van der Waals surface area contributed by atoms with Crippen molar-refractivity contribution in [2.75, 3.05) is 13.7 Å². The molecule has 0 aliphatic rings. The molecule has 1 aromatic rings. The highest BCUT2D eigenvalue weighted by Crippen LogP contribution is 2.28. The summed E-state index contributed by atoms with van der Waals surface area (Å²) < 4.78 is 10.2. The molecule has 0 aliphatic carbocycles. The van der Waals surface area contributed by atoms with Gasteiger partial charge in [-0.3, -0.25) is 9.59 Å². The number of hydrogen-bond donors (Lipinski definition) is 0. The van der Waals surface area contributed by atoms with Crippen LogP contribution in [0.1, 0.15) is 27.6 Å². The number of carbonyl (C=O) groups is 2. The van der Waals surface area contributed by atoms with Gasteiger partial charge in [0.05, 0.1) is 19.3 Å². The molecule has 0 saturated heterocycles. The second kappa shape index (κ2) is 5.14. The minimum atomic E-state index is 0.324. The number of ether oxygens (including phenoxy) is 2. The summed E-state index contributed by atoms with van der Waals surface area (Å²) in [5.74, 6) is 0.715. The Kier molecular flexibility index (Phi) is 3.85. The molecule has 15 heavy (non-hydrogen) atoms. The van der Waals surface area contributed by atoms with Crippen LogP contribution < -0.4 is 9.47 Å². The first kappa shape index (κ1) is 11.2. The second-order valence-corrected chi connectivity index (χ2v) is 2.80. The molecule has 4 nitrogen and oxygen atoms in total. The molecular weight excluding hydrogens is 196 g/mol. The van der Waals surface area contributed by atoms with E-state index < -0.39 is 0 Å². The summed E-state index contributed by atoms with van der Waals surface area (Å²) in [6.45, 7) is 2.22. The lowest BCUT2D eigenvalue weighted by molar-refractivity contribution is 0.110. The predicted molar refractivity (Wildman–Crippen MR) is 54.9 cm³/mol. The van der Waals surface area contributed by atoms with Crippen molar-refractivity contribution in [1.29, 1.82) is 0 Å². The zero-order valence-electron chi connectivity index (χ0n) is 8.65. The zero-order chi connectivity index (χ0) is 11.3. The Morgan fingerprint density at radius 2 is 1.87 bits per heavy atom. The molecule has 4 heteroatoms. The van der Waals surface area contributed by atoms with Crippen LogP contribution in [-0.4, -0.2) is 26.3 Å². The molecule has 0 fully saturated rings. The summed E-state index contributed by atoms with van der Waals surface area (Å²) in [6.07, 6.45) is 1.33. The quantitative estimate of drug-likeness (QED) is 0.691. The number of methoxy groups -OCH3 is 1. The normalized spacial score (nSPS) is 9.47. The molecule has 0 amide bonds. The van der Waals surface area contributed by atoms with Gasteiger partial charge in [-0.05, 0) is 19.1 Å². The summed E-state index contributed by atoms with van der Waals surface area (Å²) in [7, 11) is 1.44. The van der Waals surface area contributed by atoms with E-state index in [4.69, 9.17) is 9.47 Å². The standard InChI is InChI=1S/C11H12O4/c1-3-15-11-5-8(6-12)4-10(14-2)9(11)7-13/h4-7H,3H2,1-2H3. The minimum Gasteiger partial charge on any atom is -0.496 e. The summed E-state index contributed by atoms with van der Waals surface area (Å²) in [5.41, 5.74) is 0.742. The Labute approximate surface area is 87.8 Å². The van der Waals surface area contributed by atoms with Crippen molar-refractivity contribution in [3.8, 4) is 11.5 Å². The van der Waals surface area contributed by atoms with Gasteiger partial charge < -0.3 is 9.47 Å². The van der Waals surface area contributed by atoms with Crippen LogP contribution in [-0.2, 0) is 0 Å². The number of hydrogen-bond acceptors (Lipinski definition) is 4. The van der Waals surface area contributed by atoms with Crippen molar-refractivity contribution in [3.05, 3.63) is 23.3 Å². The maximum atomic E-state index is 10.8. The Balaban J connectivity index is 3.31. The van der Waals surface area contributed by atoms with Crippen LogP contribution in [0, 0.1) is 0 Å². The van der Waals surface area contributed by atoms with Crippen LogP contribution in [0.25, 0.3) is 0 Å². The van der Waals surface area contributed by atoms with Crippen LogP contribution in [0.3, 0.4) is 0 Å². The summed E-state index contributed by atoms with van der Waals surface area (Å²) >= 11 is 0. The van der Waals surface area contributed by atoms with Gasteiger partial charge in [0.1, 0.15) is 17.8 Å². The van der Waals surface area contributed by atoms with E-state index in [1.165, 1.54) is 19.2 Å². The van der Waals surface area contributed by atoms with Crippen molar-refractivity contribution in [1.82, 2.24) is 0 Å². The van der Waals surface area contributed by atoms with E-state index in [0.717, 1.165) is 0 Å². The molecule has 0 radical (unpaired) electrons. The largest absolute Gasteiger partial charge is 0.496 e. The van der Waals surface area contributed by atoms with E-state index in [1.54, 1.807) is 6.92 Å². The molecule has 0 heterocycles. The van der Waals surface area contributed by atoms with Gasteiger partial charge in [-0.1, -0.05) is 0 Å². The smallest absolute Gasteiger partial charge is 0.157 e. The van der Waals surface area contributed by atoms with Gasteiger partial charge in [0.15, 0.2) is 6.29 Å². The van der Waals surface area contributed by atoms with Crippen molar-refractivity contribution in [3.63, 3.8) is 0 Å². The number of rotatable bonds is 5. The number of benzene rings is 1. The van der Waals surface area contributed by atoms with Crippen LogP contribution in [0.2, 0.25) is 0 Å². The van der Waals surface area contributed by atoms with Crippen molar-refractivity contribution < 1.29 is 19.1 Å². The molecule has 0 aliphatic heterocycles. The fourth-order valence-corrected chi connectivity index (χ4v) is 1.25. The third-order valence-electron chi connectivity index (χ3n) is 1.90. The molecule has 0 unspecified atom stereocenters. The Morgan fingerprint density at radius 3 is 2.33 bits per heavy atom. The minimum absolute atomic E-state index is 0.324. The van der Waals surface area contributed by atoms with Gasteiger partial charge in [-0.15, -0.1) is 0 Å². The molecular formula is C11H12O4. The molecule has 0 aromatic heterocycles. The highest BCUT2D eigenvalue weighted by Gasteiger charge is 2.11. The molecule has 80 valence electrons. The van der Waals surface area contributed by atoms with Crippen LogP contribution in [0.15, 0.2) is 12.1 Å². The molecule has 0 atom stereocenters. The summed E-state index contributed by atoms with van der Waals surface area (Å²) in [4.78, 5) is 21.5. The monoisotopic (exact) mass is 208 g/mol. The molecule has 0 N–H and O–H groups in total. The number of carbonyl (C=O) groups excluding carboxylic acids is 2. The molecule has 1 rings (SSSR count). The Morgan fingerprint density at radius 1 is 1.20 bits per heavy atom. The van der Waals surface area contributed by atoms with Gasteiger partial charge >= 0.3 is 0 Å². The summed E-state index contributed by atoms with van der Waals surface area (Å²) in [5, 5.41) is 0. The topological polar surface area (TPSA) is 52.6 Å². The van der Waals surface area contributed by atoms with Crippen LogP contribution in [0.4, 0.5) is 0 Å². The highest BCUT2D eigenvalue weighted by molar-refractivity contribution is 5.87. The average molecular weight is 208 g/mol. The first-order chi connectivity index (χ1) is 7.26. The Hall–Kier alpha value is -1.84. The van der Waals surface area contributed by atoms with Crippen molar-refractivity contribution in [2.45, 2.75) is 6.92 Å². The van der Waals surface area contributed by atoms with E-state index in [1.807, 2.05) is 0 Å². The lowest BCUT2D eigenvalue weighted by Crippen LogP contribution is -2.00. The average Bonchev–Trinajstić information content (AvgIpc) is 2.28. The molecule has 0 spiro atoms. The van der Waals surface area contributed by atoms with Gasteiger partial charge in [0.2, 0.25) is 0 Å².